The molecule has 1 aromatic carbocycles. The second-order valence-corrected chi connectivity index (χ2v) is 8.54. The van der Waals surface area contributed by atoms with Crippen LogP contribution in [0.2, 0.25) is 0 Å². The molecule has 132 valence electrons. The lowest BCUT2D eigenvalue weighted by Crippen LogP contribution is -2.65. The normalized spacial score (nSPS) is 29.1. The van der Waals surface area contributed by atoms with Gasteiger partial charge in [-0.1, -0.05) is 0 Å². The lowest BCUT2D eigenvalue weighted by Gasteiger charge is -2.52. The SMILES string of the molecule is COc1ccc2cc(C(=O)N[C@H]3C4CCN(CC4)C34CC4)sc2c1F. The lowest BCUT2D eigenvalue weighted by atomic mass is 9.77. The van der Waals surface area contributed by atoms with Gasteiger partial charge in [0.1, 0.15) is 0 Å². The summed E-state index contributed by atoms with van der Waals surface area (Å²) in [7, 11) is 1.45. The number of thiophene rings is 1. The molecule has 1 atom stereocenters. The molecule has 6 rings (SSSR count). The van der Waals surface area contributed by atoms with Crippen LogP contribution in [0.5, 0.6) is 5.75 Å². The minimum Gasteiger partial charge on any atom is -0.494 e. The highest BCUT2D eigenvalue weighted by Crippen LogP contribution is 2.53. The Labute approximate surface area is 150 Å². The van der Waals surface area contributed by atoms with E-state index in [2.05, 4.69) is 10.2 Å². The maximum atomic E-state index is 14.4. The number of benzene rings is 1. The van der Waals surface area contributed by atoms with Crippen molar-refractivity contribution < 1.29 is 13.9 Å². The first-order valence-corrected chi connectivity index (χ1v) is 9.76. The molecule has 4 fully saturated rings. The van der Waals surface area contributed by atoms with Gasteiger partial charge in [0.2, 0.25) is 0 Å². The Morgan fingerprint density at radius 3 is 2.80 bits per heavy atom. The summed E-state index contributed by atoms with van der Waals surface area (Å²) >= 11 is 1.21. The van der Waals surface area contributed by atoms with Gasteiger partial charge in [-0.25, -0.2) is 4.39 Å². The van der Waals surface area contributed by atoms with Crippen LogP contribution in [0.4, 0.5) is 4.39 Å². The Kier molecular flexibility index (Phi) is 3.38. The van der Waals surface area contributed by atoms with Crippen molar-refractivity contribution in [2.75, 3.05) is 20.2 Å². The summed E-state index contributed by atoms with van der Waals surface area (Å²) in [4.78, 5) is 16.0. The molecular weight excluding hydrogens is 339 g/mol. The number of hydrogen-bond donors (Lipinski definition) is 1. The molecule has 4 aliphatic rings. The van der Waals surface area contributed by atoms with E-state index in [9.17, 15) is 9.18 Å². The smallest absolute Gasteiger partial charge is 0.261 e. The Morgan fingerprint density at radius 1 is 1.36 bits per heavy atom. The second-order valence-electron chi connectivity index (χ2n) is 7.49. The molecule has 2 aromatic rings. The second kappa shape index (κ2) is 5.42. The summed E-state index contributed by atoms with van der Waals surface area (Å²) in [5.74, 6) is 0.355. The highest BCUT2D eigenvalue weighted by Gasteiger charge is 2.60. The van der Waals surface area contributed by atoms with Crippen LogP contribution >= 0.6 is 11.3 Å². The fourth-order valence-electron chi connectivity index (χ4n) is 4.85. The molecule has 4 nitrogen and oxygen atoms in total. The van der Waals surface area contributed by atoms with Crippen molar-refractivity contribution >= 4 is 27.3 Å². The molecule has 3 aliphatic heterocycles. The van der Waals surface area contributed by atoms with Crippen LogP contribution in [-0.4, -0.2) is 42.6 Å². The Hall–Kier alpha value is -1.66. The van der Waals surface area contributed by atoms with Gasteiger partial charge in [-0.15, -0.1) is 11.3 Å². The fraction of sp³-hybridized carbons (Fsp3) is 0.526. The first-order chi connectivity index (χ1) is 12.1. The molecule has 1 amide bonds. The van der Waals surface area contributed by atoms with Crippen LogP contribution in [0.1, 0.15) is 35.4 Å². The topological polar surface area (TPSA) is 41.6 Å². The number of halogens is 1. The van der Waals surface area contributed by atoms with Gasteiger partial charge in [0.15, 0.2) is 11.6 Å². The van der Waals surface area contributed by atoms with Crippen molar-refractivity contribution in [3.8, 4) is 5.75 Å². The molecule has 3 saturated heterocycles. The van der Waals surface area contributed by atoms with E-state index in [0.29, 0.717) is 15.5 Å². The van der Waals surface area contributed by atoms with E-state index in [1.807, 2.05) is 0 Å². The van der Waals surface area contributed by atoms with Crippen LogP contribution in [0.25, 0.3) is 10.1 Å². The highest BCUT2D eigenvalue weighted by molar-refractivity contribution is 7.20. The van der Waals surface area contributed by atoms with Crippen molar-refractivity contribution in [1.29, 1.82) is 0 Å². The van der Waals surface area contributed by atoms with Crippen molar-refractivity contribution in [2.24, 2.45) is 5.92 Å². The van der Waals surface area contributed by atoms with Gasteiger partial charge in [-0.2, -0.15) is 0 Å². The van der Waals surface area contributed by atoms with E-state index in [0.717, 1.165) is 5.39 Å². The van der Waals surface area contributed by atoms with Gasteiger partial charge in [0.25, 0.3) is 5.91 Å². The standard InChI is InChI=1S/C19H21FN2O2S/c1-24-13-3-2-12-10-14(25-16(12)15(13)20)18(23)21-17-11-4-8-22(9-5-11)19(17)6-7-19/h2-3,10-11,17H,4-9H2,1H3,(H,21,23)/t17-/m0/s1. The number of methoxy groups -OCH3 is 1. The van der Waals surface area contributed by atoms with Crippen LogP contribution < -0.4 is 10.1 Å². The number of carbonyl (C=O) groups excluding carboxylic acids is 1. The number of amides is 1. The molecule has 1 saturated carbocycles. The summed E-state index contributed by atoms with van der Waals surface area (Å²) in [6.07, 6.45) is 4.72. The molecule has 0 radical (unpaired) electrons. The molecule has 6 heteroatoms. The zero-order chi connectivity index (χ0) is 17.2. The van der Waals surface area contributed by atoms with Crippen molar-refractivity contribution in [2.45, 2.75) is 37.3 Å². The predicted molar refractivity (Wildman–Crippen MR) is 95.9 cm³/mol. The van der Waals surface area contributed by atoms with Crippen LogP contribution in [0, 0.1) is 11.7 Å². The first kappa shape index (κ1) is 15.6. The minimum atomic E-state index is -0.384. The number of carbonyl (C=O) groups is 1. The van der Waals surface area contributed by atoms with E-state index in [-0.39, 0.29) is 29.1 Å². The van der Waals surface area contributed by atoms with E-state index in [1.54, 1.807) is 18.2 Å². The largest absolute Gasteiger partial charge is 0.494 e. The molecule has 25 heavy (non-hydrogen) atoms. The predicted octanol–water partition coefficient (Wildman–Crippen LogP) is 3.41. The van der Waals surface area contributed by atoms with E-state index in [1.165, 1.54) is 57.2 Å². The van der Waals surface area contributed by atoms with E-state index < -0.39 is 0 Å². The van der Waals surface area contributed by atoms with Crippen LogP contribution in [0.3, 0.4) is 0 Å². The number of rotatable bonds is 3. The Bertz CT molecular complexity index is 852. The minimum absolute atomic E-state index is 0.0652. The quantitative estimate of drug-likeness (QED) is 0.912. The van der Waals surface area contributed by atoms with Gasteiger partial charge < -0.3 is 10.1 Å². The Balaban J connectivity index is 1.43. The highest BCUT2D eigenvalue weighted by atomic mass is 32.1. The molecule has 1 aliphatic carbocycles. The van der Waals surface area contributed by atoms with E-state index >= 15 is 0 Å². The number of hydrogen-bond acceptors (Lipinski definition) is 4. The van der Waals surface area contributed by atoms with Gasteiger partial charge in [-0.3, -0.25) is 9.69 Å². The van der Waals surface area contributed by atoms with Crippen LogP contribution in [-0.2, 0) is 0 Å². The number of fused-ring (bicyclic) bond motifs is 3. The lowest BCUT2D eigenvalue weighted by molar-refractivity contribution is -0.00138. The van der Waals surface area contributed by atoms with Gasteiger partial charge in [0.05, 0.1) is 22.7 Å². The average molecular weight is 360 g/mol. The maximum absolute atomic E-state index is 14.4. The molecule has 2 bridgehead atoms. The third-order valence-electron chi connectivity index (χ3n) is 6.30. The van der Waals surface area contributed by atoms with Gasteiger partial charge in [-0.05, 0) is 68.3 Å². The van der Waals surface area contributed by atoms with Crippen molar-refractivity contribution in [1.82, 2.24) is 10.2 Å². The maximum Gasteiger partial charge on any atom is 0.261 e. The molecule has 0 unspecified atom stereocenters. The number of ether oxygens (including phenoxy) is 1. The number of piperidine rings is 3. The first-order valence-electron chi connectivity index (χ1n) is 8.94. The fourth-order valence-corrected chi connectivity index (χ4v) is 5.85. The summed E-state index contributed by atoms with van der Waals surface area (Å²) in [6.45, 7) is 2.34. The number of nitrogens with one attached hydrogen (secondary N) is 1. The average Bonchev–Trinajstić information content (AvgIpc) is 3.28. The Morgan fingerprint density at radius 2 is 2.12 bits per heavy atom. The zero-order valence-corrected chi connectivity index (χ0v) is 15.0. The molecule has 4 heterocycles. The van der Waals surface area contributed by atoms with Gasteiger partial charge in [0, 0.05) is 5.54 Å². The van der Waals surface area contributed by atoms with Crippen molar-refractivity contribution in [3.05, 3.63) is 28.9 Å². The molecular formula is C19H21FN2O2S. The third-order valence-corrected chi connectivity index (χ3v) is 7.45. The summed E-state index contributed by atoms with van der Waals surface area (Å²) < 4.78 is 19.9. The third kappa shape index (κ3) is 2.23. The van der Waals surface area contributed by atoms with Crippen LogP contribution in [0.15, 0.2) is 18.2 Å². The molecule has 1 spiro atoms. The van der Waals surface area contributed by atoms with Gasteiger partial charge >= 0.3 is 0 Å². The molecule has 1 N–H and O–H groups in total. The monoisotopic (exact) mass is 360 g/mol. The van der Waals surface area contributed by atoms with Crippen molar-refractivity contribution in [3.63, 3.8) is 0 Å². The summed E-state index contributed by atoms with van der Waals surface area (Å²) in [5, 5.41) is 4.06. The van der Waals surface area contributed by atoms with E-state index in [4.69, 9.17) is 4.74 Å². The zero-order valence-electron chi connectivity index (χ0n) is 14.2. The molecule has 1 aromatic heterocycles. The summed E-state index contributed by atoms with van der Waals surface area (Å²) in [5.41, 5.74) is 0.210. The summed E-state index contributed by atoms with van der Waals surface area (Å²) in [6, 6.07) is 5.45. The number of nitrogens with zero attached hydrogens (tertiary/aromatic N) is 1.